The van der Waals surface area contributed by atoms with E-state index in [1.807, 2.05) is 0 Å². The second-order valence-electron chi connectivity index (χ2n) is 5.67. The highest BCUT2D eigenvalue weighted by atomic mass is 16.2. The largest absolute Gasteiger partial charge is 0.355 e. The fraction of sp³-hybridized carbons (Fsp3) is 0.800. The average molecular weight is 294 g/mol. The number of rotatable bonds is 7. The maximum absolute atomic E-state index is 11.7. The molecule has 0 heterocycles. The third-order valence-corrected chi connectivity index (χ3v) is 3.63. The summed E-state index contributed by atoms with van der Waals surface area (Å²) in [6, 6.07) is 2.22. The molecule has 6 nitrogen and oxygen atoms in total. The standard InChI is InChI=1S/C15H26N4O2/c1-12(10-16)11-18-14(20)8-5-9-17-15(21)19-13-6-3-2-4-7-13/h12-13H,2-9,11H2,1H3,(H,18,20)(H2,17,19,21). The molecule has 1 saturated carbocycles. The van der Waals surface area contributed by atoms with E-state index in [9.17, 15) is 9.59 Å². The zero-order chi connectivity index (χ0) is 15.5. The number of nitrogens with zero attached hydrogens (tertiary/aromatic N) is 1. The molecule has 0 aliphatic heterocycles. The van der Waals surface area contributed by atoms with Crippen LogP contribution in [0.25, 0.3) is 0 Å². The van der Waals surface area contributed by atoms with Gasteiger partial charge in [-0.05, 0) is 26.2 Å². The molecule has 0 bridgehead atoms. The topological polar surface area (TPSA) is 94.0 Å². The van der Waals surface area contributed by atoms with Crippen molar-refractivity contribution in [2.75, 3.05) is 13.1 Å². The maximum Gasteiger partial charge on any atom is 0.315 e. The summed E-state index contributed by atoms with van der Waals surface area (Å²) in [5.74, 6) is -0.250. The Morgan fingerprint density at radius 1 is 1.24 bits per heavy atom. The number of nitrogens with one attached hydrogen (secondary N) is 3. The van der Waals surface area contributed by atoms with E-state index >= 15 is 0 Å². The van der Waals surface area contributed by atoms with Gasteiger partial charge in [0.25, 0.3) is 0 Å². The Hall–Kier alpha value is -1.77. The summed E-state index contributed by atoms with van der Waals surface area (Å²) in [7, 11) is 0. The molecule has 1 fully saturated rings. The van der Waals surface area contributed by atoms with Crippen molar-refractivity contribution in [3.8, 4) is 6.07 Å². The molecule has 118 valence electrons. The zero-order valence-electron chi connectivity index (χ0n) is 12.8. The third-order valence-electron chi connectivity index (χ3n) is 3.63. The second kappa shape index (κ2) is 10.0. The fourth-order valence-corrected chi connectivity index (χ4v) is 2.34. The Labute approximate surface area is 126 Å². The molecule has 1 rings (SSSR count). The Morgan fingerprint density at radius 3 is 2.62 bits per heavy atom. The summed E-state index contributed by atoms with van der Waals surface area (Å²) >= 11 is 0. The minimum Gasteiger partial charge on any atom is -0.355 e. The molecule has 0 radical (unpaired) electrons. The van der Waals surface area contributed by atoms with Crippen molar-refractivity contribution < 1.29 is 9.59 Å². The van der Waals surface area contributed by atoms with Crippen LogP contribution in [0, 0.1) is 17.2 Å². The van der Waals surface area contributed by atoms with E-state index in [1.165, 1.54) is 19.3 Å². The highest BCUT2D eigenvalue weighted by Crippen LogP contribution is 2.17. The lowest BCUT2D eigenvalue weighted by Crippen LogP contribution is -2.43. The molecule has 0 spiro atoms. The van der Waals surface area contributed by atoms with E-state index in [0.717, 1.165) is 12.8 Å². The molecule has 3 amide bonds. The number of amides is 3. The minimum atomic E-state index is -0.173. The molecular weight excluding hydrogens is 268 g/mol. The SMILES string of the molecule is CC(C#N)CNC(=O)CCCNC(=O)NC1CCCCC1. The van der Waals surface area contributed by atoms with Crippen LogP contribution in [0.5, 0.6) is 0 Å². The van der Waals surface area contributed by atoms with E-state index in [2.05, 4.69) is 22.0 Å². The van der Waals surface area contributed by atoms with Crippen molar-refractivity contribution in [3.05, 3.63) is 0 Å². The van der Waals surface area contributed by atoms with Gasteiger partial charge in [-0.15, -0.1) is 0 Å². The van der Waals surface area contributed by atoms with Crippen LogP contribution in [0.4, 0.5) is 4.79 Å². The van der Waals surface area contributed by atoms with Crippen LogP contribution in [0.3, 0.4) is 0 Å². The smallest absolute Gasteiger partial charge is 0.315 e. The summed E-state index contributed by atoms with van der Waals surface area (Å²) in [6.07, 6.45) is 6.73. The van der Waals surface area contributed by atoms with E-state index < -0.39 is 0 Å². The van der Waals surface area contributed by atoms with Gasteiger partial charge in [0, 0.05) is 25.6 Å². The summed E-state index contributed by atoms with van der Waals surface area (Å²) in [5, 5.41) is 17.0. The Bertz CT molecular complexity index is 372. The molecule has 1 unspecified atom stereocenters. The second-order valence-corrected chi connectivity index (χ2v) is 5.67. The van der Waals surface area contributed by atoms with Crippen molar-refractivity contribution >= 4 is 11.9 Å². The number of hydrogen-bond donors (Lipinski definition) is 3. The first-order valence-electron chi connectivity index (χ1n) is 7.82. The van der Waals surface area contributed by atoms with Crippen LogP contribution < -0.4 is 16.0 Å². The van der Waals surface area contributed by atoms with Crippen LogP contribution >= 0.6 is 0 Å². The minimum absolute atomic E-state index is 0.0772. The van der Waals surface area contributed by atoms with Gasteiger partial charge in [0.05, 0.1) is 12.0 Å². The zero-order valence-corrected chi connectivity index (χ0v) is 12.8. The summed E-state index contributed by atoms with van der Waals surface area (Å²) < 4.78 is 0. The predicted molar refractivity (Wildman–Crippen MR) is 80.4 cm³/mol. The molecule has 0 aromatic rings. The lowest BCUT2D eigenvalue weighted by Gasteiger charge is -2.22. The van der Waals surface area contributed by atoms with Gasteiger partial charge in [-0.25, -0.2) is 4.79 Å². The summed E-state index contributed by atoms with van der Waals surface area (Å²) in [5.41, 5.74) is 0. The van der Waals surface area contributed by atoms with Crippen molar-refractivity contribution in [3.63, 3.8) is 0 Å². The Kier molecular flexibility index (Phi) is 8.25. The molecule has 1 aliphatic rings. The van der Waals surface area contributed by atoms with E-state index in [-0.39, 0.29) is 17.9 Å². The van der Waals surface area contributed by atoms with Gasteiger partial charge in [-0.1, -0.05) is 19.3 Å². The first kappa shape index (κ1) is 17.3. The van der Waals surface area contributed by atoms with Crippen LogP contribution in [-0.4, -0.2) is 31.1 Å². The van der Waals surface area contributed by atoms with Gasteiger partial charge >= 0.3 is 6.03 Å². The highest BCUT2D eigenvalue weighted by Gasteiger charge is 2.15. The van der Waals surface area contributed by atoms with Gasteiger partial charge in [0.1, 0.15) is 0 Å². The van der Waals surface area contributed by atoms with Gasteiger partial charge in [0.15, 0.2) is 0 Å². The molecular formula is C15H26N4O2. The molecule has 0 aromatic carbocycles. The molecule has 6 heteroatoms. The lowest BCUT2D eigenvalue weighted by atomic mass is 9.96. The summed E-state index contributed by atoms with van der Waals surface area (Å²) in [4.78, 5) is 23.1. The van der Waals surface area contributed by atoms with Gasteiger partial charge in [0.2, 0.25) is 5.91 Å². The predicted octanol–water partition coefficient (Wildman–Crippen LogP) is 1.67. The van der Waals surface area contributed by atoms with Crippen LogP contribution in [0.2, 0.25) is 0 Å². The van der Waals surface area contributed by atoms with Crippen LogP contribution in [-0.2, 0) is 4.79 Å². The Morgan fingerprint density at radius 2 is 1.95 bits per heavy atom. The number of hydrogen-bond acceptors (Lipinski definition) is 3. The molecule has 1 atom stereocenters. The van der Waals surface area contributed by atoms with E-state index in [1.54, 1.807) is 6.92 Å². The lowest BCUT2D eigenvalue weighted by molar-refractivity contribution is -0.121. The molecule has 0 saturated heterocycles. The van der Waals surface area contributed by atoms with Gasteiger partial charge < -0.3 is 16.0 Å². The van der Waals surface area contributed by atoms with Crippen molar-refractivity contribution in [1.29, 1.82) is 5.26 Å². The number of urea groups is 1. The maximum atomic E-state index is 11.7. The highest BCUT2D eigenvalue weighted by molar-refractivity contribution is 5.76. The first-order valence-corrected chi connectivity index (χ1v) is 7.82. The first-order chi connectivity index (χ1) is 10.1. The van der Waals surface area contributed by atoms with Crippen molar-refractivity contribution in [2.24, 2.45) is 5.92 Å². The van der Waals surface area contributed by atoms with Crippen molar-refractivity contribution in [2.45, 2.75) is 57.9 Å². The van der Waals surface area contributed by atoms with Gasteiger partial charge in [-0.3, -0.25) is 4.79 Å². The van der Waals surface area contributed by atoms with Crippen LogP contribution in [0.15, 0.2) is 0 Å². The van der Waals surface area contributed by atoms with Crippen LogP contribution in [0.1, 0.15) is 51.9 Å². The van der Waals surface area contributed by atoms with Crippen molar-refractivity contribution in [1.82, 2.24) is 16.0 Å². The normalized spacial score (nSPS) is 16.6. The molecule has 21 heavy (non-hydrogen) atoms. The number of nitriles is 1. The van der Waals surface area contributed by atoms with E-state index in [4.69, 9.17) is 5.26 Å². The number of carbonyl (C=O) groups is 2. The quantitative estimate of drug-likeness (QED) is 0.623. The molecule has 3 N–H and O–H groups in total. The monoisotopic (exact) mass is 294 g/mol. The molecule has 0 aromatic heterocycles. The fourth-order valence-electron chi connectivity index (χ4n) is 2.34. The third kappa shape index (κ3) is 8.18. The van der Waals surface area contributed by atoms with E-state index in [0.29, 0.717) is 32.0 Å². The van der Waals surface area contributed by atoms with Gasteiger partial charge in [-0.2, -0.15) is 5.26 Å². The molecule has 1 aliphatic carbocycles. The average Bonchev–Trinajstić information content (AvgIpc) is 2.50. The number of carbonyl (C=O) groups excluding carboxylic acids is 2. The Balaban J connectivity index is 2.01. The summed E-state index contributed by atoms with van der Waals surface area (Å²) in [6.45, 7) is 2.63.